The second kappa shape index (κ2) is 5.26. The van der Waals surface area contributed by atoms with Crippen LogP contribution in [0.5, 0.6) is 0 Å². The molecule has 0 radical (unpaired) electrons. The molecule has 4 nitrogen and oxygen atoms in total. The van der Waals surface area contributed by atoms with Crippen LogP contribution in [0.15, 0.2) is 24.3 Å². The minimum absolute atomic E-state index is 0.00236. The fraction of sp³-hybridized carbons (Fsp3) is 0.333. The first kappa shape index (κ1) is 13.3. The molecule has 0 saturated heterocycles. The minimum atomic E-state index is -0.834. The Morgan fingerprint density at radius 3 is 2.47 bits per heavy atom. The normalized spacial score (nSPS) is 10.7. The van der Waals surface area contributed by atoms with Gasteiger partial charge in [-0.05, 0) is 24.5 Å². The molecule has 0 fully saturated rings. The summed E-state index contributed by atoms with van der Waals surface area (Å²) in [5, 5.41) is 13.4. The van der Waals surface area contributed by atoms with E-state index in [4.69, 9.17) is 5.11 Å². The lowest BCUT2D eigenvalue weighted by Crippen LogP contribution is -2.06. The van der Waals surface area contributed by atoms with Gasteiger partial charge in [0.2, 0.25) is 0 Å². The van der Waals surface area contributed by atoms with E-state index < -0.39 is 5.97 Å². The number of aliphatic carboxylic acids is 1. The monoisotopic (exact) mass is 258 g/mol. The second-order valence-corrected chi connectivity index (χ2v) is 4.66. The highest BCUT2D eigenvalue weighted by molar-refractivity contribution is 5.72. The summed E-state index contributed by atoms with van der Waals surface area (Å²) in [6.07, 6.45) is 1.01. The van der Waals surface area contributed by atoms with Gasteiger partial charge in [0, 0.05) is 12.6 Å². The predicted octanol–water partition coefficient (Wildman–Crippen LogP) is 2.59. The zero-order chi connectivity index (χ0) is 14.0. The Bertz CT molecular complexity index is 597. The highest BCUT2D eigenvalue weighted by Crippen LogP contribution is 2.25. The number of benzene rings is 1. The molecule has 100 valence electrons. The lowest BCUT2D eigenvalue weighted by atomic mass is 10.0. The van der Waals surface area contributed by atoms with Gasteiger partial charge in [0.1, 0.15) is 0 Å². The van der Waals surface area contributed by atoms with Crippen LogP contribution in [0.3, 0.4) is 0 Å². The SMILES string of the molecule is CCc1ccc(-c2nn(C)c(CC(=O)O)c2C)cc1. The summed E-state index contributed by atoms with van der Waals surface area (Å²) in [6, 6.07) is 8.25. The molecule has 1 heterocycles. The Kier molecular flexibility index (Phi) is 3.69. The van der Waals surface area contributed by atoms with Crippen molar-refractivity contribution >= 4 is 5.97 Å². The zero-order valence-electron chi connectivity index (χ0n) is 11.5. The summed E-state index contributed by atoms with van der Waals surface area (Å²) in [4.78, 5) is 10.9. The molecule has 0 aliphatic carbocycles. The number of nitrogens with zero attached hydrogens (tertiary/aromatic N) is 2. The van der Waals surface area contributed by atoms with E-state index in [1.807, 2.05) is 19.1 Å². The van der Waals surface area contributed by atoms with E-state index in [9.17, 15) is 4.79 Å². The zero-order valence-corrected chi connectivity index (χ0v) is 11.5. The fourth-order valence-corrected chi connectivity index (χ4v) is 2.23. The van der Waals surface area contributed by atoms with Gasteiger partial charge in [-0.2, -0.15) is 5.10 Å². The van der Waals surface area contributed by atoms with Crippen molar-refractivity contribution in [3.05, 3.63) is 41.1 Å². The van der Waals surface area contributed by atoms with Crippen molar-refractivity contribution in [1.82, 2.24) is 9.78 Å². The first-order valence-electron chi connectivity index (χ1n) is 6.36. The van der Waals surface area contributed by atoms with Gasteiger partial charge in [0.15, 0.2) is 0 Å². The highest BCUT2D eigenvalue weighted by atomic mass is 16.4. The first-order valence-corrected chi connectivity index (χ1v) is 6.36. The van der Waals surface area contributed by atoms with E-state index in [0.29, 0.717) is 0 Å². The number of carbonyl (C=O) groups is 1. The van der Waals surface area contributed by atoms with Gasteiger partial charge in [0.05, 0.1) is 17.8 Å². The molecule has 0 saturated carbocycles. The maximum Gasteiger partial charge on any atom is 0.309 e. The molecule has 1 aromatic heterocycles. The van der Waals surface area contributed by atoms with Crippen molar-refractivity contribution in [2.24, 2.45) is 7.05 Å². The predicted molar refractivity (Wildman–Crippen MR) is 74.1 cm³/mol. The van der Waals surface area contributed by atoms with E-state index in [0.717, 1.165) is 28.9 Å². The van der Waals surface area contributed by atoms with Crippen LogP contribution in [-0.4, -0.2) is 20.9 Å². The Hall–Kier alpha value is -2.10. The first-order chi connectivity index (χ1) is 9.02. The fourth-order valence-electron chi connectivity index (χ4n) is 2.23. The van der Waals surface area contributed by atoms with Crippen molar-refractivity contribution in [3.63, 3.8) is 0 Å². The summed E-state index contributed by atoms with van der Waals surface area (Å²) < 4.78 is 1.66. The van der Waals surface area contributed by atoms with Gasteiger partial charge in [-0.15, -0.1) is 0 Å². The van der Waals surface area contributed by atoms with Gasteiger partial charge in [-0.25, -0.2) is 0 Å². The lowest BCUT2D eigenvalue weighted by Gasteiger charge is -2.01. The van der Waals surface area contributed by atoms with Crippen LogP contribution in [-0.2, 0) is 24.7 Å². The molecule has 0 aliphatic heterocycles. The van der Waals surface area contributed by atoms with Crippen LogP contribution in [0.4, 0.5) is 0 Å². The van der Waals surface area contributed by atoms with Crippen LogP contribution >= 0.6 is 0 Å². The van der Waals surface area contributed by atoms with Crippen LogP contribution in [0.1, 0.15) is 23.7 Å². The average molecular weight is 258 g/mol. The van der Waals surface area contributed by atoms with E-state index in [2.05, 4.69) is 24.2 Å². The topological polar surface area (TPSA) is 55.1 Å². The standard InChI is InChI=1S/C15H18N2O2/c1-4-11-5-7-12(8-6-11)15-10(2)13(9-14(18)19)17(3)16-15/h5-8H,4,9H2,1-3H3,(H,18,19). The Balaban J connectivity index is 2.42. The molecule has 19 heavy (non-hydrogen) atoms. The number of aryl methyl sites for hydroxylation is 2. The number of carboxylic acid groups (broad SMARTS) is 1. The molecular weight excluding hydrogens is 240 g/mol. The molecule has 0 aliphatic rings. The van der Waals surface area contributed by atoms with Gasteiger partial charge in [0.25, 0.3) is 0 Å². The number of aromatic nitrogens is 2. The molecule has 1 aromatic carbocycles. The van der Waals surface area contributed by atoms with E-state index in [1.54, 1.807) is 11.7 Å². The van der Waals surface area contributed by atoms with E-state index >= 15 is 0 Å². The molecule has 1 N–H and O–H groups in total. The number of hydrogen-bond acceptors (Lipinski definition) is 2. The van der Waals surface area contributed by atoms with E-state index in [1.165, 1.54) is 5.56 Å². The molecule has 4 heteroatoms. The van der Waals surface area contributed by atoms with Crippen molar-refractivity contribution in [2.75, 3.05) is 0 Å². The summed E-state index contributed by atoms with van der Waals surface area (Å²) >= 11 is 0. The van der Waals surface area contributed by atoms with Crippen molar-refractivity contribution in [1.29, 1.82) is 0 Å². The molecule has 2 aromatic rings. The molecule has 0 unspecified atom stereocenters. The third-order valence-electron chi connectivity index (χ3n) is 3.38. The third kappa shape index (κ3) is 2.67. The minimum Gasteiger partial charge on any atom is -0.481 e. The maximum atomic E-state index is 10.9. The van der Waals surface area contributed by atoms with Crippen molar-refractivity contribution < 1.29 is 9.90 Å². The number of carboxylic acids is 1. The molecule has 2 rings (SSSR count). The van der Waals surface area contributed by atoms with Crippen LogP contribution < -0.4 is 0 Å². The van der Waals surface area contributed by atoms with Gasteiger partial charge in [-0.1, -0.05) is 31.2 Å². The Morgan fingerprint density at radius 1 is 1.32 bits per heavy atom. The molecule has 0 atom stereocenters. The van der Waals surface area contributed by atoms with Crippen LogP contribution in [0.25, 0.3) is 11.3 Å². The number of hydrogen-bond donors (Lipinski definition) is 1. The molecule has 0 amide bonds. The lowest BCUT2D eigenvalue weighted by molar-refractivity contribution is -0.136. The third-order valence-corrected chi connectivity index (χ3v) is 3.38. The largest absolute Gasteiger partial charge is 0.481 e. The summed E-state index contributed by atoms with van der Waals surface area (Å²) in [7, 11) is 1.79. The van der Waals surface area contributed by atoms with Gasteiger partial charge < -0.3 is 5.11 Å². The van der Waals surface area contributed by atoms with Gasteiger partial charge in [-0.3, -0.25) is 9.48 Å². The smallest absolute Gasteiger partial charge is 0.309 e. The second-order valence-electron chi connectivity index (χ2n) is 4.66. The average Bonchev–Trinajstić information content (AvgIpc) is 2.66. The Labute approximate surface area is 112 Å². The molecule has 0 bridgehead atoms. The Morgan fingerprint density at radius 2 is 1.95 bits per heavy atom. The summed E-state index contributed by atoms with van der Waals surface area (Å²) in [5.41, 5.74) is 4.86. The number of rotatable bonds is 4. The highest BCUT2D eigenvalue weighted by Gasteiger charge is 2.15. The molecule has 0 spiro atoms. The van der Waals surface area contributed by atoms with Crippen LogP contribution in [0, 0.1) is 6.92 Å². The van der Waals surface area contributed by atoms with Crippen molar-refractivity contribution in [3.8, 4) is 11.3 Å². The summed E-state index contributed by atoms with van der Waals surface area (Å²) in [5.74, 6) is -0.834. The van der Waals surface area contributed by atoms with Crippen molar-refractivity contribution in [2.45, 2.75) is 26.7 Å². The maximum absolute atomic E-state index is 10.9. The van der Waals surface area contributed by atoms with Crippen LogP contribution in [0.2, 0.25) is 0 Å². The molecular formula is C15H18N2O2. The van der Waals surface area contributed by atoms with E-state index in [-0.39, 0.29) is 6.42 Å². The van der Waals surface area contributed by atoms with Gasteiger partial charge >= 0.3 is 5.97 Å². The summed E-state index contributed by atoms with van der Waals surface area (Å²) in [6.45, 7) is 4.04. The quantitative estimate of drug-likeness (QED) is 0.917.